The van der Waals surface area contributed by atoms with Gasteiger partial charge in [0.2, 0.25) is 0 Å². The van der Waals surface area contributed by atoms with Gasteiger partial charge in [0.25, 0.3) is 5.91 Å². The minimum Gasteiger partial charge on any atom is -0.385 e. The van der Waals surface area contributed by atoms with Crippen LogP contribution in [-0.4, -0.2) is 55.0 Å². The Balaban J connectivity index is 2.12. The molecule has 1 N–H and O–H groups in total. The summed E-state index contributed by atoms with van der Waals surface area (Å²) in [5, 5.41) is 3.36. The first-order valence-corrected chi connectivity index (χ1v) is 7.87. The third-order valence-electron chi connectivity index (χ3n) is 4.13. The van der Waals surface area contributed by atoms with E-state index in [0.717, 1.165) is 49.4 Å². The van der Waals surface area contributed by atoms with Crippen molar-refractivity contribution in [1.82, 2.24) is 9.80 Å². The Morgan fingerprint density at radius 3 is 2.76 bits per heavy atom. The van der Waals surface area contributed by atoms with Crippen LogP contribution in [0.25, 0.3) is 0 Å². The summed E-state index contributed by atoms with van der Waals surface area (Å²) in [5.41, 5.74) is 2.97. The average molecular weight is 289 g/mol. The van der Waals surface area contributed by atoms with Crippen molar-refractivity contribution in [2.75, 3.05) is 38.5 Å². The molecule has 0 radical (unpaired) electrons. The molecule has 1 aromatic rings. The van der Waals surface area contributed by atoms with Crippen molar-refractivity contribution in [2.24, 2.45) is 0 Å². The third kappa shape index (κ3) is 3.76. The van der Waals surface area contributed by atoms with Gasteiger partial charge < -0.3 is 15.1 Å². The summed E-state index contributed by atoms with van der Waals surface area (Å²) in [5.74, 6) is 0.162. The molecular weight excluding hydrogens is 262 g/mol. The molecule has 116 valence electrons. The molecule has 0 aliphatic carbocycles. The number of aryl methyl sites for hydroxylation is 1. The topological polar surface area (TPSA) is 35.6 Å². The third-order valence-corrected chi connectivity index (χ3v) is 4.13. The van der Waals surface area contributed by atoms with Gasteiger partial charge in [0.15, 0.2) is 0 Å². The molecule has 1 unspecified atom stereocenters. The normalized spacial score (nSPS) is 19.6. The van der Waals surface area contributed by atoms with Crippen LogP contribution in [0.1, 0.15) is 36.2 Å². The SMILES string of the molecule is CCCNc1ccc(C(=O)N2CCN(C)CC2C)c(C)c1. The van der Waals surface area contributed by atoms with Crippen molar-refractivity contribution < 1.29 is 4.79 Å². The molecular formula is C17H27N3O. The van der Waals surface area contributed by atoms with Crippen LogP contribution in [0, 0.1) is 6.92 Å². The molecule has 0 bridgehead atoms. The Hall–Kier alpha value is -1.55. The number of benzene rings is 1. The molecule has 0 aromatic heterocycles. The highest BCUT2D eigenvalue weighted by Crippen LogP contribution is 2.19. The predicted molar refractivity (Wildman–Crippen MR) is 88.0 cm³/mol. The molecule has 1 aliphatic rings. The lowest BCUT2D eigenvalue weighted by Crippen LogP contribution is -2.52. The van der Waals surface area contributed by atoms with E-state index in [1.807, 2.05) is 24.0 Å². The molecule has 1 amide bonds. The first-order valence-electron chi connectivity index (χ1n) is 7.87. The average Bonchev–Trinajstić information content (AvgIpc) is 2.44. The molecule has 1 saturated heterocycles. The zero-order valence-electron chi connectivity index (χ0n) is 13.6. The summed E-state index contributed by atoms with van der Waals surface area (Å²) < 4.78 is 0. The van der Waals surface area contributed by atoms with E-state index in [9.17, 15) is 4.79 Å². The number of carbonyl (C=O) groups is 1. The van der Waals surface area contributed by atoms with Crippen LogP contribution >= 0.6 is 0 Å². The molecule has 1 heterocycles. The second-order valence-electron chi connectivity index (χ2n) is 6.07. The lowest BCUT2D eigenvalue weighted by molar-refractivity contribution is 0.0533. The number of piperazine rings is 1. The summed E-state index contributed by atoms with van der Waals surface area (Å²) in [6, 6.07) is 6.31. The van der Waals surface area contributed by atoms with Gasteiger partial charge in [-0.1, -0.05) is 6.92 Å². The molecule has 1 atom stereocenters. The second kappa shape index (κ2) is 6.94. The maximum Gasteiger partial charge on any atom is 0.254 e. The van der Waals surface area contributed by atoms with Gasteiger partial charge in [-0.05, 0) is 51.1 Å². The van der Waals surface area contributed by atoms with E-state index in [1.165, 1.54) is 0 Å². The fourth-order valence-corrected chi connectivity index (χ4v) is 2.88. The maximum absolute atomic E-state index is 12.7. The van der Waals surface area contributed by atoms with Crippen molar-refractivity contribution in [3.8, 4) is 0 Å². The van der Waals surface area contributed by atoms with E-state index in [-0.39, 0.29) is 11.9 Å². The molecule has 0 saturated carbocycles. The Labute approximate surface area is 128 Å². The first-order chi connectivity index (χ1) is 10.0. The number of rotatable bonds is 4. The van der Waals surface area contributed by atoms with E-state index in [0.29, 0.717) is 0 Å². The lowest BCUT2D eigenvalue weighted by Gasteiger charge is -2.38. The summed E-state index contributed by atoms with van der Waals surface area (Å²) in [6.07, 6.45) is 1.10. The lowest BCUT2D eigenvalue weighted by atomic mass is 10.0. The van der Waals surface area contributed by atoms with Gasteiger partial charge in [0, 0.05) is 43.5 Å². The fraction of sp³-hybridized carbons (Fsp3) is 0.588. The minimum absolute atomic E-state index is 0.162. The molecule has 21 heavy (non-hydrogen) atoms. The van der Waals surface area contributed by atoms with Crippen LogP contribution in [0.4, 0.5) is 5.69 Å². The monoisotopic (exact) mass is 289 g/mol. The van der Waals surface area contributed by atoms with Crippen molar-refractivity contribution in [3.05, 3.63) is 29.3 Å². The summed E-state index contributed by atoms with van der Waals surface area (Å²) in [7, 11) is 2.11. The van der Waals surface area contributed by atoms with E-state index in [2.05, 4.69) is 37.2 Å². The Kier molecular flexibility index (Phi) is 5.23. The molecule has 1 aromatic carbocycles. The molecule has 1 aliphatic heterocycles. The number of amides is 1. The second-order valence-corrected chi connectivity index (χ2v) is 6.07. The molecule has 4 nitrogen and oxygen atoms in total. The van der Waals surface area contributed by atoms with E-state index in [4.69, 9.17) is 0 Å². The van der Waals surface area contributed by atoms with Gasteiger partial charge in [0.05, 0.1) is 0 Å². The van der Waals surface area contributed by atoms with Gasteiger partial charge in [-0.15, -0.1) is 0 Å². The zero-order chi connectivity index (χ0) is 15.4. The number of nitrogens with zero attached hydrogens (tertiary/aromatic N) is 2. The quantitative estimate of drug-likeness (QED) is 0.925. The maximum atomic E-state index is 12.7. The van der Waals surface area contributed by atoms with Crippen molar-refractivity contribution in [2.45, 2.75) is 33.2 Å². The molecule has 1 fully saturated rings. The van der Waals surface area contributed by atoms with Gasteiger partial charge in [-0.2, -0.15) is 0 Å². The Bertz CT molecular complexity index is 501. The standard InChI is InChI=1S/C17H27N3O/c1-5-8-18-15-6-7-16(13(2)11-15)17(21)20-10-9-19(4)12-14(20)3/h6-7,11,14,18H,5,8-10,12H2,1-4H3. The number of nitrogens with one attached hydrogen (secondary N) is 1. The summed E-state index contributed by atoms with van der Waals surface area (Å²) in [4.78, 5) is 17.0. The van der Waals surface area contributed by atoms with Crippen molar-refractivity contribution in [3.63, 3.8) is 0 Å². The minimum atomic E-state index is 0.162. The largest absolute Gasteiger partial charge is 0.385 e. The molecule has 0 spiro atoms. The number of anilines is 1. The van der Waals surface area contributed by atoms with Gasteiger partial charge in [-0.3, -0.25) is 4.79 Å². The predicted octanol–water partition coefficient (Wildman–Crippen LogP) is 2.59. The highest BCUT2D eigenvalue weighted by atomic mass is 16.2. The number of hydrogen-bond donors (Lipinski definition) is 1. The smallest absolute Gasteiger partial charge is 0.254 e. The number of hydrogen-bond acceptors (Lipinski definition) is 3. The van der Waals surface area contributed by atoms with Crippen molar-refractivity contribution in [1.29, 1.82) is 0 Å². The fourth-order valence-electron chi connectivity index (χ4n) is 2.88. The van der Waals surface area contributed by atoms with Crippen LogP contribution in [0.3, 0.4) is 0 Å². The van der Waals surface area contributed by atoms with E-state index >= 15 is 0 Å². The Morgan fingerprint density at radius 1 is 1.38 bits per heavy atom. The van der Waals surface area contributed by atoms with E-state index in [1.54, 1.807) is 0 Å². The first kappa shape index (κ1) is 15.8. The van der Waals surface area contributed by atoms with Crippen LogP contribution in [-0.2, 0) is 0 Å². The van der Waals surface area contributed by atoms with Crippen LogP contribution < -0.4 is 5.32 Å². The van der Waals surface area contributed by atoms with Crippen LogP contribution in [0.5, 0.6) is 0 Å². The van der Waals surface area contributed by atoms with Crippen LogP contribution in [0.2, 0.25) is 0 Å². The van der Waals surface area contributed by atoms with Crippen molar-refractivity contribution >= 4 is 11.6 Å². The summed E-state index contributed by atoms with van der Waals surface area (Å²) >= 11 is 0. The highest BCUT2D eigenvalue weighted by Gasteiger charge is 2.27. The number of likely N-dealkylation sites (N-methyl/N-ethyl adjacent to an activating group) is 1. The van der Waals surface area contributed by atoms with Crippen LogP contribution in [0.15, 0.2) is 18.2 Å². The highest BCUT2D eigenvalue weighted by molar-refractivity contribution is 5.96. The van der Waals surface area contributed by atoms with Gasteiger partial charge in [0.1, 0.15) is 0 Å². The van der Waals surface area contributed by atoms with Gasteiger partial charge in [-0.25, -0.2) is 0 Å². The number of carbonyl (C=O) groups excluding carboxylic acids is 1. The van der Waals surface area contributed by atoms with Gasteiger partial charge >= 0.3 is 0 Å². The zero-order valence-corrected chi connectivity index (χ0v) is 13.6. The Morgan fingerprint density at radius 2 is 2.14 bits per heavy atom. The molecule has 2 rings (SSSR count). The van der Waals surface area contributed by atoms with E-state index < -0.39 is 0 Å². The summed E-state index contributed by atoms with van der Waals surface area (Å²) in [6.45, 7) is 9.96. The molecule has 4 heteroatoms.